The van der Waals surface area contributed by atoms with E-state index in [1.54, 1.807) is 30.3 Å². The number of rotatable bonds is 10. The number of benzene rings is 2. The molecule has 4 aliphatic rings. The molecule has 2 aromatic rings. The van der Waals surface area contributed by atoms with Crippen molar-refractivity contribution in [2.75, 3.05) is 40.6 Å². The molecule has 4 saturated heterocycles. The van der Waals surface area contributed by atoms with Crippen LogP contribution in [0, 0.1) is 5.92 Å². The van der Waals surface area contributed by atoms with Crippen LogP contribution in [0.5, 0.6) is 23.0 Å². The molecule has 4 aliphatic heterocycles. The Morgan fingerprint density at radius 1 is 0.653 bits per heavy atom. The highest BCUT2D eigenvalue weighted by Crippen LogP contribution is 2.54. The lowest BCUT2D eigenvalue weighted by atomic mass is 9.81. The number of hydrogen-bond acceptors (Lipinski definition) is 17. The van der Waals surface area contributed by atoms with E-state index in [9.17, 15) is 46.0 Å². The monoisotopic (exact) mass is 698 g/mol. The van der Waals surface area contributed by atoms with E-state index in [-0.39, 0.29) is 36.2 Å². The van der Waals surface area contributed by atoms with Gasteiger partial charge in [0.1, 0.15) is 60.5 Å². The summed E-state index contributed by atoms with van der Waals surface area (Å²) in [5, 5.41) is 92.0. The highest BCUT2D eigenvalue weighted by molar-refractivity contribution is 5.46. The third-order valence-electron chi connectivity index (χ3n) is 9.59. The summed E-state index contributed by atoms with van der Waals surface area (Å²) in [7, 11) is 2.79. The Bertz CT molecular complexity index is 1440. The maximum atomic E-state index is 11.9. The summed E-state index contributed by atoms with van der Waals surface area (Å²) in [4.78, 5) is 0. The fourth-order valence-electron chi connectivity index (χ4n) is 6.75. The highest BCUT2D eigenvalue weighted by atomic mass is 16.7. The van der Waals surface area contributed by atoms with Crippen molar-refractivity contribution in [2.24, 2.45) is 5.92 Å². The molecular weight excluding hydrogens is 656 g/mol. The Hall–Kier alpha value is -2.88. The first-order valence-electron chi connectivity index (χ1n) is 15.7. The Kier molecular flexibility index (Phi) is 10.6. The second-order valence-electron chi connectivity index (χ2n) is 12.5. The van der Waals surface area contributed by atoms with Crippen LogP contribution in [0.2, 0.25) is 0 Å². The van der Waals surface area contributed by atoms with E-state index in [1.165, 1.54) is 20.3 Å². The second kappa shape index (κ2) is 14.4. The van der Waals surface area contributed by atoms with E-state index in [4.69, 9.17) is 37.9 Å². The molecule has 4 unspecified atom stereocenters. The Balaban J connectivity index is 1.17. The first-order valence-corrected chi connectivity index (χ1v) is 15.7. The van der Waals surface area contributed by atoms with Crippen LogP contribution >= 0.6 is 0 Å². The molecule has 0 aliphatic carbocycles. The first kappa shape index (κ1) is 35.9. The van der Waals surface area contributed by atoms with Gasteiger partial charge >= 0.3 is 0 Å². The maximum absolute atomic E-state index is 11.9. The lowest BCUT2D eigenvalue weighted by Crippen LogP contribution is -2.60. The van der Waals surface area contributed by atoms with E-state index >= 15 is 0 Å². The summed E-state index contributed by atoms with van der Waals surface area (Å²) < 4.78 is 45.7. The SMILES string of the molecule is COc1cc(C2OCC3(O)C(c4ccc(O[C@@H]5O[C@H](CO)[C@@H](O)[C@@H](O)[C@H]5O)c(OC)c4)OCC23)ccc1O[C@@H]1O[C@H](CO)[C@@H](O)[C@H](O)[C@H]1O. The van der Waals surface area contributed by atoms with Gasteiger partial charge in [0, 0.05) is 5.92 Å². The van der Waals surface area contributed by atoms with E-state index in [0.29, 0.717) is 11.1 Å². The standard InChI is InChI=1S/C32H42O17/c1-42-18-7-13(3-5-16(18)46-30-26(39)24(37)22(35)20(9-33)48-30)28-15-11-44-29(32(15,41)12-45-28)14-4-6-17(19(8-14)43-2)47-31-27(40)25(38)23(36)21(10-34)49-31/h3-8,15,20-31,33-41H,9-12H2,1-2H3/t15?,20-,21-,22-,23-,24+,25-,26-,27-,28?,29?,30-,31-,32?/m1/s1. The summed E-state index contributed by atoms with van der Waals surface area (Å²) in [6.07, 6.45) is -16.2. The van der Waals surface area contributed by atoms with E-state index in [1.807, 2.05) is 0 Å². The van der Waals surface area contributed by atoms with Crippen LogP contribution in [0.15, 0.2) is 36.4 Å². The summed E-state index contributed by atoms with van der Waals surface area (Å²) in [6.45, 7) is -1.18. The topological polar surface area (TPSA) is 256 Å². The van der Waals surface area contributed by atoms with Crippen molar-refractivity contribution >= 4 is 0 Å². The molecule has 272 valence electrons. The summed E-state index contributed by atoms with van der Waals surface area (Å²) >= 11 is 0. The molecule has 14 atom stereocenters. The van der Waals surface area contributed by atoms with Gasteiger partial charge in [0.25, 0.3) is 0 Å². The van der Waals surface area contributed by atoms with E-state index < -0.39 is 98.4 Å². The fraction of sp³-hybridized carbons (Fsp3) is 0.625. The van der Waals surface area contributed by atoms with Crippen molar-refractivity contribution in [3.05, 3.63) is 47.5 Å². The molecule has 0 spiro atoms. The Labute approximate surface area is 280 Å². The fourth-order valence-corrected chi connectivity index (χ4v) is 6.75. The molecule has 2 aromatic carbocycles. The van der Waals surface area contributed by atoms with Crippen molar-refractivity contribution in [3.63, 3.8) is 0 Å². The van der Waals surface area contributed by atoms with Crippen LogP contribution < -0.4 is 18.9 Å². The summed E-state index contributed by atoms with van der Waals surface area (Å²) in [5.74, 6) is 0.165. The molecule has 0 amide bonds. The van der Waals surface area contributed by atoms with Gasteiger partial charge in [-0.3, -0.25) is 0 Å². The smallest absolute Gasteiger partial charge is 0.229 e. The van der Waals surface area contributed by atoms with E-state index in [2.05, 4.69) is 0 Å². The van der Waals surface area contributed by atoms with Crippen LogP contribution in [-0.4, -0.2) is 154 Å². The van der Waals surface area contributed by atoms with E-state index in [0.717, 1.165) is 0 Å². The minimum atomic E-state index is -1.62. The number of aliphatic hydroxyl groups is 9. The van der Waals surface area contributed by atoms with Gasteiger partial charge in [-0.05, 0) is 35.4 Å². The third kappa shape index (κ3) is 6.44. The molecule has 9 N–H and O–H groups in total. The molecule has 0 aromatic heterocycles. The molecule has 17 heteroatoms. The van der Waals surface area contributed by atoms with Crippen molar-refractivity contribution in [1.29, 1.82) is 0 Å². The normalized spacial score (nSPS) is 40.5. The zero-order valence-electron chi connectivity index (χ0n) is 26.6. The number of methoxy groups -OCH3 is 2. The van der Waals surface area contributed by atoms with Gasteiger partial charge in [-0.1, -0.05) is 12.1 Å². The van der Waals surface area contributed by atoms with Gasteiger partial charge in [0.2, 0.25) is 12.6 Å². The average Bonchev–Trinajstić information content (AvgIpc) is 3.63. The van der Waals surface area contributed by atoms with Gasteiger partial charge in [0.05, 0.1) is 46.8 Å². The van der Waals surface area contributed by atoms with Crippen molar-refractivity contribution in [1.82, 2.24) is 0 Å². The summed E-state index contributed by atoms with van der Waals surface area (Å²) in [6, 6.07) is 9.60. The van der Waals surface area contributed by atoms with Crippen molar-refractivity contribution in [3.8, 4) is 23.0 Å². The molecule has 0 radical (unpaired) electrons. The van der Waals surface area contributed by atoms with Crippen LogP contribution in [-0.2, 0) is 18.9 Å². The second-order valence-corrected chi connectivity index (χ2v) is 12.5. The van der Waals surface area contributed by atoms with Gasteiger partial charge in [-0.2, -0.15) is 0 Å². The first-order chi connectivity index (χ1) is 23.4. The number of fused-ring (bicyclic) bond motifs is 1. The van der Waals surface area contributed by atoms with Crippen LogP contribution in [0.1, 0.15) is 23.3 Å². The third-order valence-corrected chi connectivity index (χ3v) is 9.59. The van der Waals surface area contributed by atoms with Crippen molar-refractivity contribution in [2.45, 2.75) is 79.2 Å². The minimum Gasteiger partial charge on any atom is -0.493 e. The molecule has 6 rings (SSSR count). The number of ether oxygens (including phenoxy) is 8. The molecule has 4 heterocycles. The molecule has 49 heavy (non-hydrogen) atoms. The van der Waals surface area contributed by atoms with Gasteiger partial charge in [-0.25, -0.2) is 0 Å². The molecule has 17 nitrogen and oxygen atoms in total. The minimum absolute atomic E-state index is 0.0795. The zero-order chi connectivity index (χ0) is 35.2. The number of aliphatic hydroxyl groups excluding tert-OH is 8. The molecular formula is C32H42O17. The Morgan fingerprint density at radius 3 is 1.63 bits per heavy atom. The molecule has 0 bridgehead atoms. The molecule has 4 fully saturated rings. The van der Waals surface area contributed by atoms with Crippen molar-refractivity contribution < 1.29 is 83.9 Å². The maximum Gasteiger partial charge on any atom is 0.229 e. The largest absolute Gasteiger partial charge is 0.493 e. The number of hydrogen-bond donors (Lipinski definition) is 9. The van der Waals surface area contributed by atoms with Gasteiger partial charge < -0.3 is 83.9 Å². The Morgan fingerprint density at radius 2 is 1.14 bits per heavy atom. The quantitative estimate of drug-likeness (QED) is 0.122. The molecule has 0 saturated carbocycles. The lowest BCUT2D eigenvalue weighted by molar-refractivity contribution is -0.277. The lowest BCUT2D eigenvalue weighted by Gasteiger charge is -2.39. The van der Waals surface area contributed by atoms with Gasteiger partial charge in [-0.15, -0.1) is 0 Å². The van der Waals surface area contributed by atoms with Gasteiger partial charge in [0.15, 0.2) is 23.0 Å². The average molecular weight is 699 g/mol. The van der Waals surface area contributed by atoms with Crippen LogP contribution in [0.4, 0.5) is 0 Å². The van der Waals surface area contributed by atoms with Crippen LogP contribution in [0.25, 0.3) is 0 Å². The zero-order valence-corrected chi connectivity index (χ0v) is 26.6. The predicted molar refractivity (Wildman–Crippen MR) is 161 cm³/mol. The van der Waals surface area contributed by atoms with Crippen LogP contribution in [0.3, 0.4) is 0 Å². The summed E-state index contributed by atoms with van der Waals surface area (Å²) in [5.41, 5.74) is -0.300. The predicted octanol–water partition coefficient (Wildman–Crippen LogP) is -2.75. The highest BCUT2D eigenvalue weighted by Gasteiger charge is 2.59.